The van der Waals surface area contributed by atoms with Crippen molar-refractivity contribution in [2.45, 2.75) is 136 Å². The number of hydrogen-bond donors (Lipinski definition) is 2. The molecule has 0 amide bonds. The molecule has 9 atom stereocenters. The van der Waals surface area contributed by atoms with Crippen LogP contribution in [-0.2, 0) is 0 Å². The van der Waals surface area contributed by atoms with E-state index in [-0.39, 0.29) is 6.10 Å². The second kappa shape index (κ2) is 8.95. The number of aliphatic hydroxyl groups excluding tert-OH is 1. The molecular weight excluding hydrogens is 404 g/mol. The largest absolute Gasteiger partial charge is 0.393 e. The first-order valence-electron chi connectivity index (χ1n) is 14.7. The third-order valence-electron chi connectivity index (χ3n) is 12.3. The molecule has 4 saturated carbocycles. The van der Waals surface area contributed by atoms with Crippen LogP contribution in [0.2, 0.25) is 0 Å². The van der Waals surface area contributed by atoms with Crippen LogP contribution < -0.4 is 0 Å². The zero-order valence-electron chi connectivity index (χ0n) is 22.1. The summed E-state index contributed by atoms with van der Waals surface area (Å²) in [5.41, 5.74) is 1.93. The Hall–Kier alpha value is -0.340. The number of rotatable bonds is 5. The fourth-order valence-electron chi connectivity index (χ4n) is 10.2. The molecule has 4 fully saturated rings. The van der Waals surface area contributed by atoms with Crippen molar-refractivity contribution in [1.82, 2.24) is 0 Å². The Morgan fingerprint density at radius 3 is 2.42 bits per heavy atom. The number of hydrogen-bond acceptors (Lipinski definition) is 2. The minimum absolute atomic E-state index is 0.0566. The van der Waals surface area contributed by atoms with Crippen molar-refractivity contribution in [2.75, 3.05) is 0 Å². The summed E-state index contributed by atoms with van der Waals surface area (Å²) in [5.74, 6) is 4.72. The van der Waals surface area contributed by atoms with E-state index in [1.807, 2.05) is 6.92 Å². The molecule has 5 aliphatic carbocycles. The Bertz CT molecular complexity index is 733. The van der Waals surface area contributed by atoms with E-state index in [1.54, 1.807) is 5.57 Å². The summed E-state index contributed by atoms with van der Waals surface area (Å²) in [7, 11) is 0. The van der Waals surface area contributed by atoms with Gasteiger partial charge in [0.25, 0.3) is 0 Å². The lowest BCUT2D eigenvalue weighted by Gasteiger charge is -2.59. The van der Waals surface area contributed by atoms with E-state index < -0.39 is 5.60 Å². The Morgan fingerprint density at radius 2 is 1.67 bits per heavy atom. The van der Waals surface area contributed by atoms with Gasteiger partial charge in [-0.25, -0.2) is 0 Å². The maximum atomic E-state index is 10.9. The lowest BCUT2D eigenvalue weighted by atomic mass is 9.46. The molecule has 188 valence electrons. The van der Waals surface area contributed by atoms with Gasteiger partial charge in [-0.2, -0.15) is 0 Å². The average Bonchev–Trinajstić information content (AvgIpc) is 3.15. The van der Waals surface area contributed by atoms with Crippen molar-refractivity contribution < 1.29 is 10.2 Å². The molecule has 2 N–H and O–H groups in total. The first-order chi connectivity index (χ1) is 15.6. The van der Waals surface area contributed by atoms with E-state index in [0.717, 1.165) is 48.9 Å². The second-order valence-corrected chi connectivity index (χ2v) is 14.2. The van der Waals surface area contributed by atoms with Gasteiger partial charge in [0.2, 0.25) is 0 Å². The molecule has 5 aliphatic rings. The molecule has 0 heterocycles. The molecular formula is C31H52O2. The van der Waals surface area contributed by atoms with Crippen LogP contribution in [-0.4, -0.2) is 21.9 Å². The molecule has 5 rings (SSSR count). The van der Waals surface area contributed by atoms with Gasteiger partial charge in [-0.3, -0.25) is 0 Å². The molecule has 0 spiro atoms. The van der Waals surface area contributed by atoms with Crippen molar-refractivity contribution >= 4 is 0 Å². The molecule has 0 saturated heterocycles. The third kappa shape index (κ3) is 4.28. The van der Waals surface area contributed by atoms with Crippen LogP contribution in [0.5, 0.6) is 0 Å². The summed E-state index contributed by atoms with van der Waals surface area (Å²) in [6.45, 7) is 9.77. The first-order valence-corrected chi connectivity index (χ1v) is 14.7. The van der Waals surface area contributed by atoms with Gasteiger partial charge in [-0.1, -0.05) is 51.7 Å². The molecule has 0 aromatic heterocycles. The molecule has 2 heteroatoms. The molecule has 0 aromatic carbocycles. The molecule has 1 unspecified atom stereocenters. The molecule has 0 radical (unpaired) electrons. The normalized spacial score (nSPS) is 47.8. The van der Waals surface area contributed by atoms with Crippen LogP contribution in [0.15, 0.2) is 11.6 Å². The van der Waals surface area contributed by atoms with Gasteiger partial charge in [-0.05, 0) is 130 Å². The number of fused-ring (bicyclic) bond motifs is 5. The van der Waals surface area contributed by atoms with Crippen molar-refractivity contribution in [3.8, 4) is 0 Å². The zero-order valence-corrected chi connectivity index (χ0v) is 22.1. The van der Waals surface area contributed by atoms with E-state index >= 15 is 0 Å². The summed E-state index contributed by atoms with van der Waals surface area (Å²) < 4.78 is 0. The van der Waals surface area contributed by atoms with Crippen molar-refractivity contribution in [1.29, 1.82) is 0 Å². The Labute approximate surface area is 204 Å². The van der Waals surface area contributed by atoms with Gasteiger partial charge in [0, 0.05) is 0 Å². The molecule has 0 bridgehead atoms. The fraction of sp³-hybridized carbons (Fsp3) is 0.935. The van der Waals surface area contributed by atoms with Crippen LogP contribution in [0.1, 0.15) is 124 Å². The zero-order chi connectivity index (χ0) is 23.4. The Balaban J connectivity index is 1.25. The second-order valence-electron chi connectivity index (χ2n) is 14.2. The molecule has 33 heavy (non-hydrogen) atoms. The summed E-state index contributed by atoms with van der Waals surface area (Å²) >= 11 is 0. The van der Waals surface area contributed by atoms with Crippen LogP contribution in [0.25, 0.3) is 0 Å². The predicted molar refractivity (Wildman–Crippen MR) is 137 cm³/mol. The average molecular weight is 457 g/mol. The monoisotopic (exact) mass is 456 g/mol. The lowest BCUT2D eigenvalue weighted by Crippen LogP contribution is -2.52. The van der Waals surface area contributed by atoms with E-state index in [0.29, 0.717) is 16.7 Å². The topological polar surface area (TPSA) is 40.5 Å². The number of allylic oxidation sites excluding steroid dienone is 1. The van der Waals surface area contributed by atoms with Crippen LogP contribution >= 0.6 is 0 Å². The fourth-order valence-corrected chi connectivity index (χ4v) is 10.2. The minimum atomic E-state index is -0.489. The smallest absolute Gasteiger partial charge is 0.0657 e. The van der Waals surface area contributed by atoms with Gasteiger partial charge in [0.15, 0.2) is 0 Å². The van der Waals surface area contributed by atoms with Crippen LogP contribution in [0.3, 0.4) is 0 Å². The summed E-state index contributed by atoms with van der Waals surface area (Å²) in [6.07, 6.45) is 21.2. The first kappa shape index (κ1) is 24.4. The van der Waals surface area contributed by atoms with E-state index in [1.165, 1.54) is 77.0 Å². The highest BCUT2D eigenvalue weighted by Gasteiger charge is 2.59. The van der Waals surface area contributed by atoms with Gasteiger partial charge in [0.1, 0.15) is 0 Å². The quantitative estimate of drug-likeness (QED) is 0.417. The van der Waals surface area contributed by atoms with Gasteiger partial charge >= 0.3 is 0 Å². The van der Waals surface area contributed by atoms with Gasteiger partial charge < -0.3 is 10.2 Å². The highest BCUT2D eigenvalue weighted by atomic mass is 16.3. The third-order valence-corrected chi connectivity index (χ3v) is 12.3. The van der Waals surface area contributed by atoms with E-state index in [4.69, 9.17) is 0 Å². The summed E-state index contributed by atoms with van der Waals surface area (Å²) in [6, 6.07) is 0. The van der Waals surface area contributed by atoms with Crippen LogP contribution in [0, 0.1) is 46.3 Å². The molecule has 0 aromatic rings. The maximum absolute atomic E-state index is 10.9. The minimum Gasteiger partial charge on any atom is -0.393 e. The van der Waals surface area contributed by atoms with E-state index in [9.17, 15) is 10.2 Å². The van der Waals surface area contributed by atoms with E-state index in [2.05, 4.69) is 26.8 Å². The van der Waals surface area contributed by atoms with Crippen molar-refractivity contribution in [3.63, 3.8) is 0 Å². The Morgan fingerprint density at radius 1 is 0.909 bits per heavy atom. The standard InChI is InChI=1S/C31H52O2/c1-21(10-15-28(32)22-8-6-5-7-9-22)25-13-14-26-24-12-11-23-20-29(2,33)18-19-30(23,3)27(24)16-17-31(25,26)4/h11,21-22,24-28,32-33H,5-10,12-20H2,1-4H3/t21-,24+,25-,26+,27?,28-,29+,30+,31-/m1/s1. The maximum Gasteiger partial charge on any atom is 0.0657 e. The van der Waals surface area contributed by atoms with Crippen LogP contribution in [0.4, 0.5) is 0 Å². The lowest BCUT2D eigenvalue weighted by molar-refractivity contribution is -0.0711. The molecule has 0 aliphatic heterocycles. The predicted octanol–water partition coefficient (Wildman–Crippen LogP) is 7.67. The van der Waals surface area contributed by atoms with Crippen molar-refractivity contribution in [2.24, 2.45) is 46.3 Å². The van der Waals surface area contributed by atoms with Gasteiger partial charge in [0.05, 0.1) is 11.7 Å². The summed E-state index contributed by atoms with van der Waals surface area (Å²) in [4.78, 5) is 0. The highest BCUT2D eigenvalue weighted by Crippen LogP contribution is 2.67. The highest BCUT2D eigenvalue weighted by molar-refractivity contribution is 5.26. The van der Waals surface area contributed by atoms with Crippen molar-refractivity contribution in [3.05, 3.63) is 11.6 Å². The Kier molecular flexibility index (Phi) is 6.61. The molecule has 2 nitrogen and oxygen atoms in total. The van der Waals surface area contributed by atoms with Gasteiger partial charge in [-0.15, -0.1) is 0 Å². The SMILES string of the molecule is C[C@H](CC[C@@H](O)C1CCCCC1)[C@H]1CC[C@H]2[C@@H]3CC=C4C[C@@](C)(O)CC[C@]4(C)C3CC[C@]12C. The summed E-state index contributed by atoms with van der Waals surface area (Å²) in [5, 5.41) is 21.6. The number of aliphatic hydroxyl groups is 2.